The first-order chi connectivity index (χ1) is 20.3. The lowest BCUT2D eigenvalue weighted by Crippen LogP contribution is -2.45. The molecule has 0 fully saturated rings. The van der Waals surface area contributed by atoms with Gasteiger partial charge in [0.1, 0.15) is 17.1 Å². The summed E-state index contributed by atoms with van der Waals surface area (Å²) in [5, 5.41) is 28.1. The lowest BCUT2D eigenvalue weighted by molar-refractivity contribution is -0.109. The molecule has 0 bridgehead atoms. The van der Waals surface area contributed by atoms with Crippen molar-refractivity contribution in [2.24, 2.45) is 4.99 Å². The standard InChI is InChI=1S/C36H38N4O2/c1-5-7-19-35(3)37-25-13-9-11-21-23(15-17-27(39-35)29(21)25)31-33(41)32(34(31)42)24-16-18-28-30-22(24)12-10-14-26(30)38-36(4,40-28)20-8-6-2/h9-18,37-39,41H,5-8,19-20H2,1-4H3/b32-24-. The molecule has 4 N–H and O–H groups in total. The number of nitrogens with zero attached hydrogens (tertiary/aromatic N) is 1. The van der Waals surface area contributed by atoms with Crippen molar-refractivity contribution in [2.45, 2.75) is 77.5 Å². The van der Waals surface area contributed by atoms with E-state index in [4.69, 9.17) is 4.99 Å². The fourth-order valence-corrected chi connectivity index (χ4v) is 7.04. The number of carbonyl (C=O) groups excluding carboxylic acids is 1. The Morgan fingerprint density at radius 2 is 1.40 bits per heavy atom. The Bertz CT molecular complexity index is 1940. The molecule has 214 valence electrons. The fraction of sp³-hybridized carbons (Fsp3) is 0.333. The SMILES string of the molecule is CCCCC1(C)N=c2cc/c(=C3/C(=O)C(c4ccc5c6c(cccc46)NC(C)(CCCC)N5)=C3O)c3cccc(c23)N1. The number of carbonyl (C=O) groups is 1. The molecule has 42 heavy (non-hydrogen) atoms. The summed E-state index contributed by atoms with van der Waals surface area (Å²) in [6.07, 6.45) is 6.40. The molecule has 3 aliphatic rings. The molecule has 7 rings (SSSR count). The molecule has 4 aromatic carbocycles. The molecule has 0 spiro atoms. The Kier molecular flexibility index (Phi) is 6.08. The lowest BCUT2D eigenvalue weighted by atomic mass is 9.79. The summed E-state index contributed by atoms with van der Waals surface area (Å²) in [5.41, 5.74) is 4.01. The van der Waals surface area contributed by atoms with E-state index in [1.54, 1.807) is 0 Å². The van der Waals surface area contributed by atoms with Crippen molar-refractivity contribution in [2.75, 3.05) is 16.0 Å². The smallest absolute Gasteiger partial charge is 0.201 e. The highest BCUT2D eigenvalue weighted by Crippen LogP contribution is 2.45. The van der Waals surface area contributed by atoms with Crippen LogP contribution < -0.4 is 26.5 Å². The maximum Gasteiger partial charge on any atom is 0.201 e. The molecule has 0 saturated heterocycles. The number of aliphatic hydroxyl groups is 1. The second kappa shape index (κ2) is 9.62. The summed E-state index contributed by atoms with van der Waals surface area (Å²) in [4.78, 5) is 19.0. The van der Waals surface area contributed by atoms with Crippen LogP contribution >= 0.6 is 0 Å². The van der Waals surface area contributed by atoms with Crippen molar-refractivity contribution in [3.05, 3.63) is 82.6 Å². The van der Waals surface area contributed by atoms with Crippen molar-refractivity contribution in [3.63, 3.8) is 0 Å². The number of allylic oxidation sites excluding steroid dienone is 2. The Morgan fingerprint density at radius 3 is 2.12 bits per heavy atom. The number of hydrogen-bond donors (Lipinski definition) is 4. The summed E-state index contributed by atoms with van der Waals surface area (Å²) in [6.45, 7) is 8.73. The van der Waals surface area contributed by atoms with Crippen molar-refractivity contribution >= 4 is 55.5 Å². The third-order valence-electron chi connectivity index (χ3n) is 9.17. The van der Waals surface area contributed by atoms with Gasteiger partial charge < -0.3 is 21.1 Å². The van der Waals surface area contributed by atoms with E-state index in [2.05, 4.69) is 55.8 Å². The third kappa shape index (κ3) is 3.99. The van der Waals surface area contributed by atoms with Gasteiger partial charge >= 0.3 is 0 Å². The van der Waals surface area contributed by atoms with E-state index in [0.29, 0.717) is 11.1 Å². The van der Waals surface area contributed by atoms with Crippen LogP contribution in [-0.2, 0) is 4.79 Å². The molecule has 6 nitrogen and oxygen atoms in total. The van der Waals surface area contributed by atoms with E-state index in [9.17, 15) is 9.90 Å². The zero-order chi connectivity index (χ0) is 29.2. The molecule has 0 amide bonds. The normalized spacial score (nSPS) is 23.7. The Labute approximate surface area is 246 Å². The van der Waals surface area contributed by atoms with Crippen LogP contribution in [0.15, 0.2) is 71.4 Å². The van der Waals surface area contributed by atoms with E-state index in [-0.39, 0.29) is 22.9 Å². The Balaban J connectivity index is 1.36. The van der Waals surface area contributed by atoms with E-state index in [1.165, 1.54) is 0 Å². The monoisotopic (exact) mass is 558 g/mol. The van der Waals surface area contributed by atoms with Gasteiger partial charge in [-0.3, -0.25) is 9.79 Å². The summed E-state index contributed by atoms with van der Waals surface area (Å²) in [6, 6.07) is 20.2. The molecule has 6 heteroatoms. The van der Waals surface area contributed by atoms with Gasteiger partial charge in [0, 0.05) is 27.8 Å². The van der Waals surface area contributed by atoms with Gasteiger partial charge in [0.25, 0.3) is 0 Å². The van der Waals surface area contributed by atoms with Crippen molar-refractivity contribution in [3.8, 4) is 0 Å². The van der Waals surface area contributed by atoms with Crippen molar-refractivity contribution < 1.29 is 9.90 Å². The number of rotatable bonds is 7. The first-order valence-electron chi connectivity index (χ1n) is 15.3. The molecular weight excluding hydrogens is 520 g/mol. The van der Waals surface area contributed by atoms with Crippen LogP contribution in [-0.4, -0.2) is 22.2 Å². The predicted octanol–water partition coefficient (Wildman–Crippen LogP) is 7.39. The summed E-state index contributed by atoms with van der Waals surface area (Å²) in [7, 11) is 0. The average molecular weight is 559 g/mol. The third-order valence-corrected chi connectivity index (χ3v) is 9.17. The maximum absolute atomic E-state index is 13.9. The predicted molar refractivity (Wildman–Crippen MR) is 173 cm³/mol. The molecule has 0 saturated carbocycles. The number of unbranched alkanes of at least 4 members (excludes halogenated alkanes) is 2. The minimum absolute atomic E-state index is 0.0550. The van der Waals surface area contributed by atoms with Gasteiger partial charge in [-0.2, -0.15) is 0 Å². The van der Waals surface area contributed by atoms with Crippen LogP contribution in [0.1, 0.15) is 71.8 Å². The zero-order valence-corrected chi connectivity index (χ0v) is 24.8. The largest absolute Gasteiger partial charge is 0.506 e. The maximum atomic E-state index is 13.9. The number of benzene rings is 4. The first-order valence-corrected chi connectivity index (χ1v) is 15.3. The Hall–Kier alpha value is -4.32. The Morgan fingerprint density at radius 1 is 0.738 bits per heavy atom. The minimum atomic E-state index is -0.362. The van der Waals surface area contributed by atoms with Crippen LogP contribution in [0.25, 0.3) is 32.7 Å². The van der Waals surface area contributed by atoms with Crippen molar-refractivity contribution in [1.82, 2.24) is 0 Å². The van der Waals surface area contributed by atoms with Gasteiger partial charge in [0.05, 0.1) is 16.5 Å². The molecule has 4 aromatic rings. The highest BCUT2D eigenvalue weighted by Gasteiger charge is 2.38. The fourth-order valence-electron chi connectivity index (χ4n) is 7.04. The first kappa shape index (κ1) is 26.6. The van der Waals surface area contributed by atoms with Gasteiger partial charge in [0.2, 0.25) is 5.78 Å². The molecule has 2 unspecified atom stereocenters. The van der Waals surface area contributed by atoms with E-state index >= 15 is 0 Å². The molecule has 2 atom stereocenters. The minimum Gasteiger partial charge on any atom is -0.506 e. The molecule has 2 aliphatic heterocycles. The number of hydrogen-bond acceptors (Lipinski definition) is 6. The molecule has 0 radical (unpaired) electrons. The average Bonchev–Trinajstić information content (AvgIpc) is 2.97. The lowest BCUT2D eigenvalue weighted by Gasteiger charge is -2.39. The quantitative estimate of drug-likeness (QED) is 0.190. The van der Waals surface area contributed by atoms with E-state index in [1.807, 2.05) is 48.5 Å². The number of aliphatic hydroxyl groups excluding tert-OH is 1. The number of nitrogens with one attached hydrogen (secondary N) is 3. The highest BCUT2D eigenvalue weighted by atomic mass is 16.3. The van der Waals surface area contributed by atoms with E-state index in [0.717, 1.165) is 93.3 Å². The van der Waals surface area contributed by atoms with Crippen LogP contribution in [0.4, 0.5) is 17.1 Å². The molecule has 0 aromatic heterocycles. The van der Waals surface area contributed by atoms with Crippen LogP contribution in [0.5, 0.6) is 0 Å². The number of ketones is 1. The van der Waals surface area contributed by atoms with Crippen LogP contribution in [0.2, 0.25) is 0 Å². The molecular formula is C36H38N4O2. The van der Waals surface area contributed by atoms with Gasteiger partial charge in [-0.1, -0.05) is 63.1 Å². The second-order valence-electron chi connectivity index (χ2n) is 12.5. The van der Waals surface area contributed by atoms with Crippen molar-refractivity contribution in [1.29, 1.82) is 0 Å². The van der Waals surface area contributed by atoms with Gasteiger partial charge in [-0.15, -0.1) is 0 Å². The van der Waals surface area contributed by atoms with Crippen LogP contribution in [0, 0.1) is 0 Å². The number of Topliss-reactive ketones (excluding diaryl/α,β-unsaturated/α-hetero) is 1. The molecule has 2 heterocycles. The van der Waals surface area contributed by atoms with Crippen LogP contribution in [0.3, 0.4) is 0 Å². The van der Waals surface area contributed by atoms with E-state index < -0.39 is 0 Å². The molecule has 1 aliphatic carbocycles. The summed E-state index contributed by atoms with van der Waals surface area (Å²) >= 11 is 0. The van der Waals surface area contributed by atoms with Gasteiger partial charge in [-0.25, -0.2) is 0 Å². The topological polar surface area (TPSA) is 85.8 Å². The number of anilines is 3. The zero-order valence-electron chi connectivity index (χ0n) is 24.8. The highest BCUT2D eigenvalue weighted by molar-refractivity contribution is 6.53. The summed E-state index contributed by atoms with van der Waals surface area (Å²) < 4.78 is 0. The second-order valence-corrected chi connectivity index (χ2v) is 12.5. The summed E-state index contributed by atoms with van der Waals surface area (Å²) in [5.74, 6) is -0.0775. The van der Waals surface area contributed by atoms with Gasteiger partial charge in [-0.05, 0) is 85.4 Å². The van der Waals surface area contributed by atoms with Gasteiger partial charge in [0.15, 0.2) is 0 Å².